The van der Waals surface area contributed by atoms with Crippen LogP contribution >= 0.6 is 11.6 Å². The van der Waals surface area contributed by atoms with Gasteiger partial charge in [0.25, 0.3) is 6.47 Å². The minimum absolute atomic E-state index is 0.0659. The lowest BCUT2D eigenvalue weighted by Gasteiger charge is -2.14. The van der Waals surface area contributed by atoms with Gasteiger partial charge in [-0.15, -0.1) is 0 Å². The van der Waals surface area contributed by atoms with Crippen molar-refractivity contribution in [2.24, 2.45) is 5.73 Å². The summed E-state index contributed by atoms with van der Waals surface area (Å²) in [7, 11) is 0. The molecule has 140 valence electrons. The van der Waals surface area contributed by atoms with Gasteiger partial charge >= 0.3 is 0 Å². The summed E-state index contributed by atoms with van der Waals surface area (Å²) in [6.45, 7) is 0.530. The number of hydrogen-bond donors (Lipinski definition) is 2. The summed E-state index contributed by atoms with van der Waals surface area (Å²) in [4.78, 5) is 10.9. The van der Waals surface area contributed by atoms with E-state index in [4.69, 9.17) is 22.1 Å². The molecule has 0 saturated carbocycles. The summed E-state index contributed by atoms with van der Waals surface area (Å²) in [6.07, 6.45) is -0.458. The SMILES string of the molecule is NCc1cc(F)cc(-c2cc(CC(OC=O)c3ccc(F)c(Cl)c3)n[nH]2)c1. The zero-order valence-corrected chi connectivity index (χ0v) is 14.8. The average Bonchev–Trinajstić information content (AvgIpc) is 3.12. The van der Waals surface area contributed by atoms with Crippen molar-refractivity contribution in [2.45, 2.75) is 19.1 Å². The van der Waals surface area contributed by atoms with Crippen molar-refractivity contribution in [3.05, 3.63) is 75.9 Å². The minimum Gasteiger partial charge on any atom is -0.459 e. The number of halogens is 3. The molecule has 1 aromatic heterocycles. The highest BCUT2D eigenvalue weighted by Crippen LogP contribution is 2.27. The van der Waals surface area contributed by atoms with Crippen LogP contribution in [0.5, 0.6) is 0 Å². The third kappa shape index (κ3) is 4.50. The molecule has 1 heterocycles. The van der Waals surface area contributed by atoms with Crippen molar-refractivity contribution in [2.75, 3.05) is 0 Å². The van der Waals surface area contributed by atoms with E-state index < -0.39 is 17.7 Å². The monoisotopic (exact) mass is 391 g/mol. The summed E-state index contributed by atoms with van der Waals surface area (Å²) >= 11 is 5.80. The second-order valence-electron chi connectivity index (χ2n) is 5.92. The van der Waals surface area contributed by atoms with E-state index in [9.17, 15) is 13.6 Å². The van der Waals surface area contributed by atoms with E-state index >= 15 is 0 Å². The molecule has 1 unspecified atom stereocenters. The number of aromatic amines is 1. The Hall–Kier alpha value is -2.77. The van der Waals surface area contributed by atoms with Crippen LogP contribution in [0.15, 0.2) is 42.5 Å². The molecule has 0 spiro atoms. The van der Waals surface area contributed by atoms with Crippen LogP contribution in [0.1, 0.15) is 22.9 Å². The molecule has 0 aliphatic rings. The quantitative estimate of drug-likeness (QED) is 0.598. The molecule has 2 aromatic carbocycles. The molecular weight excluding hydrogens is 376 g/mol. The van der Waals surface area contributed by atoms with Gasteiger partial charge in [0.1, 0.15) is 17.7 Å². The highest BCUT2D eigenvalue weighted by atomic mass is 35.5. The van der Waals surface area contributed by atoms with Crippen LogP contribution < -0.4 is 5.73 Å². The first kappa shape index (κ1) is 19.0. The fraction of sp³-hybridized carbons (Fsp3) is 0.158. The Morgan fingerprint density at radius 1 is 1.22 bits per heavy atom. The van der Waals surface area contributed by atoms with Gasteiger partial charge < -0.3 is 10.5 Å². The molecule has 8 heteroatoms. The molecule has 0 fully saturated rings. The van der Waals surface area contributed by atoms with Crippen LogP contribution in [0.25, 0.3) is 11.3 Å². The van der Waals surface area contributed by atoms with E-state index in [0.717, 1.165) is 0 Å². The zero-order valence-electron chi connectivity index (χ0n) is 14.1. The average molecular weight is 392 g/mol. The number of nitrogens with one attached hydrogen (secondary N) is 1. The third-order valence-electron chi connectivity index (χ3n) is 4.06. The number of aromatic nitrogens is 2. The summed E-state index contributed by atoms with van der Waals surface area (Å²) in [6, 6.07) is 10.3. The number of carbonyl (C=O) groups excluding carboxylic acids is 1. The molecule has 0 saturated heterocycles. The Labute approximate surface area is 159 Å². The lowest BCUT2D eigenvalue weighted by Crippen LogP contribution is -2.07. The van der Waals surface area contributed by atoms with Crippen LogP contribution in [0.2, 0.25) is 5.02 Å². The number of H-pyrrole nitrogens is 1. The van der Waals surface area contributed by atoms with Crippen LogP contribution in [0.4, 0.5) is 8.78 Å². The van der Waals surface area contributed by atoms with Gasteiger partial charge in [-0.2, -0.15) is 5.10 Å². The van der Waals surface area contributed by atoms with Gasteiger partial charge in [-0.1, -0.05) is 17.7 Å². The predicted molar refractivity (Wildman–Crippen MR) is 96.9 cm³/mol. The standard InChI is InChI=1S/C19H16ClF2N3O2/c20-16-6-12(1-2-17(16)22)19(27-10-26)8-15-7-18(25-24-15)13-3-11(9-23)4-14(21)5-13/h1-7,10,19H,8-9,23H2,(H,24,25). The summed E-state index contributed by atoms with van der Waals surface area (Å²) in [5.74, 6) is -0.957. The van der Waals surface area contributed by atoms with Crippen molar-refractivity contribution >= 4 is 18.1 Å². The molecule has 0 radical (unpaired) electrons. The molecule has 1 atom stereocenters. The van der Waals surface area contributed by atoms with Crippen molar-refractivity contribution in [1.82, 2.24) is 10.2 Å². The third-order valence-corrected chi connectivity index (χ3v) is 4.35. The molecule has 3 N–H and O–H groups in total. The number of nitrogens with zero attached hydrogens (tertiary/aromatic N) is 1. The topological polar surface area (TPSA) is 81.0 Å². The predicted octanol–water partition coefficient (Wildman–Crippen LogP) is 3.92. The fourth-order valence-corrected chi connectivity index (χ4v) is 2.94. The lowest BCUT2D eigenvalue weighted by molar-refractivity contribution is -0.133. The van der Waals surface area contributed by atoms with Crippen molar-refractivity contribution in [1.29, 1.82) is 0 Å². The maximum Gasteiger partial charge on any atom is 0.293 e. The molecule has 3 aromatic rings. The van der Waals surface area contributed by atoms with Crippen molar-refractivity contribution in [3.63, 3.8) is 0 Å². The van der Waals surface area contributed by atoms with Crippen LogP contribution in [0.3, 0.4) is 0 Å². The van der Waals surface area contributed by atoms with Gasteiger partial charge in [-0.05, 0) is 47.5 Å². The Bertz CT molecular complexity index is 962. The van der Waals surface area contributed by atoms with Gasteiger partial charge in [0.2, 0.25) is 0 Å². The van der Waals surface area contributed by atoms with Gasteiger partial charge in [-0.25, -0.2) is 8.78 Å². The number of carbonyl (C=O) groups is 1. The van der Waals surface area contributed by atoms with E-state index in [1.807, 2.05) is 0 Å². The summed E-state index contributed by atoms with van der Waals surface area (Å²) in [5, 5.41) is 6.95. The van der Waals surface area contributed by atoms with E-state index in [2.05, 4.69) is 10.2 Å². The molecule has 3 rings (SSSR count). The number of ether oxygens (including phenoxy) is 1. The van der Waals surface area contributed by atoms with Crippen molar-refractivity contribution in [3.8, 4) is 11.3 Å². The first-order valence-electron chi connectivity index (χ1n) is 8.08. The van der Waals surface area contributed by atoms with Crippen molar-refractivity contribution < 1.29 is 18.3 Å². The molecule has 0 bridgehead atoms. The van der Waals surface area contributed by atoms with Gasteiger partial charge in [0.05, 0.1) is 16.4 Å². The summed E-state index contributed by atoms with van der Waals surface area (Å²) in [5.41, 5.74) is 8.55. The van der Waals surface area contributed by atoms with Gasteiger partial charge in [0, 0.05) is 18.5 Å². The lowest BCUT2D eigenvalue weighted by atomic mass is 10.0. The molecule has 0 aliphatic heterocycles. The Balaban J connectivity index is 1.85. The molecule has 0 amide bonds. The minimum atomic E-state index is -0.691. The maximum atomic E-state index is 13.7. The fourth-order valence-electron chi connectivity index (χ4n) is 2.75. The number of rotatable bonds is 7. The molecule has 0 aliphatic carbocycles. The zero-order chi connectivity index (χ0) is 19.4. The number of benzene rings is 2. The van der Waals surface area contributed by atoms with Crippen LogP contribution in [0, 0.1) is 11.6 Å². The van der Waals surface area contributed by atoms with Gasteiger partial charge in [0.15, 0.2) is 0 Å². The normalized spacial score (nSPS) is 12.0. The second-order valence-corrected chi connectivity index (χ2v) is 6.33. The first-order chi connectivity index (χ1) is 13.0. The molecular formula is C19H16ClF2N3O2. The van der Waals surface area contributed by atoms with E-state index in [0.29, 0.717) is 34.6 Å². The van der Waals surface area contributed by atoms with E-state index in [1.165, 1.54) is 30.3 Å². The molecule has 27 heavy (non-hydrogen) atoms. The maximum absolute atomic E-state index is 13.7. The Morgan fingerprint density at radius 2 is 2.04 bits per heavy atom. The van der Waals surface area contributed by atoms with Gasteiger partial charge in [-0.3, -0.25) is 9.89 Å². The highest BCUT2D eigenvalue weighted by Gasteiger charge is 2.17. The highest BCUT2D eigenvalue weighted by molar-refractivity contribution is 6.30. The molecule has 5 nitrogen and oxygen atoms in total. The summed E-state index contributed by atoms with van der Waals surface area (Å²) < 4.78 is 32.2. The number of nitrogens with two attached hydrogens (primary N) is 1. The second kappa shape index (κ2) is 8.28. The van der Waals surface area contributed by atoms with E-state index in [-0.39, 0.29) is 18.0 Å². The van der Waals surface area contributed by atoms with Crippen LogP contribution in [-0.2, 0) is 22.5 Å². The largest absolute Gasteiger partial charge is 0.459 e. The Morgan fingerprint density at radius 3 is 2.74 bits per heavy atom. The van der Waals surface area contributed by atoms with E-state index in [1.54, 1.807) is 12.1 Å². The first-order valence-corrected chi connectivity index (χ1v) is 8.46. The Kier molecular flexibility index (Phi) is 5.83. The smallest absolute Gasteiger partial charge is 0.293 e. The van der Waals surface area contributed by atoms with Crippen LogP contribution in [-0.4, -0.2) is 16.7 Å². The number of hydrogen-bond acceptors (Lipinski definition) is 4.